The SMILES string of the molecule is COC1(CCCNc2cccc3ccccc23)CCCC[Si]1(OC)OC. The molecule has 0 aliphatic carbocycles. The Hall–Kier alpha value is -1.40. The van der Waals surface area contributed by atoms with Crippen LogP contribution in [0.25, 0.3) is 10.8 Å². The van der Waals surface area contributed by atoms with E-state index in [1.807, 2.05) is 7.11 Å². The van der Waals surface area contributed by atoms with E-state index in [0.717, 1.165) is 31.9 Å². The smallest absolute Gasteiger partial charge is 0.370 e. The maximum atomic E-state index is 6.08. The number of benzene rings is 2. The largest absolute Gasteiger partial charge is 0.396 e. The highest BCUT2D eigenvalue weighted by molar-refractivity contribution is 6.70. The molecule has 0 bridgehead atoms. The Kier molecular flexibility index (Phi) is 6.35. The minimum absolute atomic E-state index is 0.241. The molecule has 2 aromatic carbocycles. The molecule has 26 heavy (non-hydrogen) atoms. The lowest BCUT2D eigenvalue weighted by Gasteiger charge is -2.48. The second-order valence-corrected chi connectivity index (χ2v) is 10.9. The van der Waals surface area contributed by atoms with Gasteiger partial charge in [0.1, 0.15) is 5.22 Å². The van der Waals surface area contributed by atoms with Gasteiger partial charge in [-0.05, 0) is 36.8 Å². The van der Waals surface area contributed by atoms with Crippen molar-refractivity contribution >= 4 is 25.0 Å². The van der Waals surface area contributed by atoms with Crippen LogP contribution in [0.15, 0.2) is 42.5 Å². The second kappa shape index (κ2) is 8.52. The van der Waals surface area contributed by atoms with Crippen molar-refractivity contribution in [2.45, 2.75) is 43.4 Å². The van der Waals surface area contributed by atoms with Gasteiger partial charge in [0, 0.05) is 38.9 Å². The molecule has 0 aromatic heterocycles. The normalized spacial score (nSPS) is 22.4. The van der Waals surface area contributed by atoms with Gasteiger partial charge in [0.05, 0.1) is 0 Å². The fraction of sp³-hybridized carbons (Fsp3) is 0.524. The first-order valence-electron chi connectivity index (χ1n) is 9.57. The van der Waals surface area contributed by atoms with Crippen molar-refractivity contribution in [3.8, 4) is 0 Å². The van der Waals surface area contributed by atoms with Gasteiger partial charge in [-0.2, -0.15) is 0 Å². The van der Waals surface area contributed by atoms with Crippen LogP contribution >= 0.6 is 0 Å². The first-order valence-corrected chi connectivity index (χ1v) is 11.6. The summed E-state index contributed by atoms with van der Waals surface area (Å²) < 4.78 is 18.0. The molecule has 1 unspecified atom stereocenters. The highest BCUT2D eigenvalue weighted by atomic mass is 28.4. The molecule has 0 radical (unpaired) electrons. The van der Waals surface area contributed by atoms with Crippen LogP contribution in [0.3, 0.4) is 0 Å². The fourth-order valence-electron chi connectivity index (χ4n) is 4.50. The lowest BCUT2D eigenvalue weighted by molar-refractivity contribution is -0.0151. The highest BCUT2D eigenvalue weighted by Crippen LogP contribution is 2.42. The number of rotatable bonds is 8. The van der Waals surface area contributed by atoms with E-state index in [4.69, 9.17) is 13.6 Å². The van der Waals surface area contributed by atoms with E-state index in [-0.39, 0.29) is 5.22 Å². The maximum absolute atomic E-state index is 6.08. The number of hydrogen-bond donors (Lipinski definition) is 1. The molecule has 1 atom stereocenters. The zero-order valence-corrected chi connectivity index (χ0v) is 17.2. The van der Waals surface area contributed by atoms with Crippen LogP contribution in [-0.2, 0) is 13.6 Å². The van der Waals surface area contributed by atoms with E-state index in [9.17, 15) is 0 Å². The van der Waals surface area contributed by atoms with Crippen LogP contribution in [0.4, 0.5) is 5.69 Å². The Morgan fingerprint density at radius 1 is 1.00 bits per heavy atom. The number of methoxy groups -OCH3 is 1. The molecule has 1 aliphatic heterocycles. The maximum Gasteiger partial charge on any atom is 0.370 e. The Morgan fingerprint density at radius 3 is 2.54 bits per heavy atom. The molecule has 0 spiro atoms. The van der Waals surface area contributed by atoms with Crippen molar-refractivity contribution in [3.05, 3.63) is 42.5 Å². The third-order valence-electron chi connectivity index (χ3n) is 5.94. The van der Waals surface area contributed by atoms with Gasteiger partial charge in [0.25, 0.3) is 0 Å². The van der Waals surface area contributed by atoms with E-state index in [1.165, 1.54) is 29.3 Å². The Labute approximate surface area is 158 Å². The zero-order chi connectivity index (χ0) is 18.5. The topological polar surface area (TPSA) is 39.7 Å². The monoisotopic (exact) mass is 373 g/mol. The van der Waals surface area contributed by atoms with Gasteiger partial charge >= 0.3 is 8.56 Å². The third kappa shape index (κ3) is 3.54. The molecule has 142 valence electrons. The van der Waals surface area contributed by atoms with Gasteiger partial charge in [0.2, 0.25) is 0 Å². The highest BCUT2D eigenvalue weighted by Gasteiger charge is 2.58. The molecule has 0 amide bonds. The standard InChI is InChI=1S/C21H31NO3Si/c1-23-21(14-6-7-17-26(21,24-2)25-3)15-9-16-22-20-13-8-11-18-10-4-5-12-19(18)20/h4-5,8,10-13,22H,6-7,9,14-17H2,1-3H3. The van der Waals surface area contributed by atoms with E-state index < -0.39 is 8.56 Å². The Balaban J connectivity index is 1.66. The van der Waals surface area contributed by atoms with Gasteiger partial charge in [-0.25, -0.2) is 0 Å². The molecule has 2 aromatic rings. The summed E-state index contributed by atoms with van der Waals surface area (Å²) in [4.78, 5) is 0. The number of hydrogen-bond acceptors (Lipinski definition) is 4. The van der Waals surface area contributed by atoms with Crippen molar-refractivity contribution in [1.82, 2.24) is 0 Å². The van der Waals surface area contributed by atoms with Gasteiger partial charge in [-0.15, -0.1) is 0 Å². The van der Waals surface area contributed by atoms with Gasteiger partial charge in [0.15, 0.2) is 0 Å². The Bertz CT molecular complexity index is 714. The molecule has 4 nitrogen and oxygen atoms in total. The lowest BCUT2D eigenvalue weighted by atomic mass is 10.1. The lowest BCUT2D eigenvalue weighted by Crippen LogP contribution is -2.64. The molecular weight excluding hydrogens is 342 g/mol. The van der Waals surface area contributed by atoms with Crippen LogP contribution in [0.2, 0.25) is 6.04 Å². The molecule has 1 saturated heterocycles. The second-order valence-electron chi connectivity index (χ2n) is 7.12. The Morgan fingerprint density at radius 2 is 1.77 bits per heavy atom. The first kappa shape index (κ1) is 19.4. The van der Waals surface area contributed by atoms with Gasteiger partial charge < -0.3 is 18.9 Å². The molecule has 0 saturated carbocycles. The summed E-state index contributed by atoms with van der Waals surface area (Å²) in [5.41, 5.74) is 1.19. The summed E-state index contributed by atoms with van der Waals surface area (Å²) in [5.74, 6) is 0. The molecule has 1 heterocycles. The number of fused-ring (bicyclic) bond motifs is 1. The quantitative estimate of drug-likeness (QED) is 0.529. The first-order chi connectivity index (χ1) is 12.7. The summed E-state index contributed by atoms with van der Waals surface area (Å²) in [6, 6.07) is 15.9. The van der Waals surface area contributed by atoms with Crippen molar-refractivity contribution in [2.75, 3.05) is 33.2 Å². The average Bonchev–Trinajstić information content (AvgIpc) is 2.71. The van der Waals surface area contributed by atoms with Crippen LogP contribution in [0, 0.1) is 0 Å². The van der Waals surface area contributed by atoms with E-state index >= 15 is 0 Å². The molecular formula is C21H31NO3Si. The van der Waals surface area contributed by atoms with Crippen molar-refractivity contribution in [2.24, 2.45) is 0 Å². The van der Waals surface area contributed by atoms with E-state index in [0.29, 0.717) is 0 Å². The molecule has 1 aliphatic rings. The van der Waals surface area contributed by atoms with E-state index in [1.54, 1.807) is 14.2 Å². The predicted molar refractivity (Wildman–Crippen MR) is 110 cm³/mol. The minimum Gasteiger partial charge on any atom is -0.396 e. The summed E-state index contributed by atoms with van der Waals surface area (Å²) in [5, 5.41) is 5.91. The van der Waals surface area contributed by atoms with Crippen molar-refractivity contribution in [1.29, 1.82) is 0 Å². The summed E-state index contributed by atoms with van der Waals surface area (Å²) >= 11 is 0. The van der Waals surface area contributed by atoms with Crippen molar-refractivity contribution in [3.63, 3.8) is 0 Å². The molecule has 5 heteroatoms. The number of anilines is 1. The van der Waals surface area contributed by atoms with Gasteiger partial charge in [-0.3, -0.25) is 0 Å². The molecule has 1 N–H and O–H groups in total. The average molecular weight is 374 g/mol. The van der Waals surface area contributed by atoms with Crippen LogP contribution < -0.4 is 5.32 Å². The van der Waals surface area contributed by atoms with Gasteiger partial charge in [-0.1, -0.05) is 49.2 Å². The fourth-order valence-corrected chi connectivity index (χ4v) is 8.41. The molecule has 1 fully saturated rings. The third-order valence-corrected chi connectivity index (χ3v) is 10.4. The summed E-state index contributed by atoms with van der Waals surface area (Å²) in [7, 11) is 3.08. The van der Waals surface area contributed by atoms with Crippen LogP contribution in [0.1, 0.15) is 32.1 Å². The number of ether oxygens (including phenoxy) is 1. The van der Waals surface area contributed by atoms with E-state index in [2.05, 4.69) is 47.8 Å². The summed E-state index contributed by atoms with van der Waals surface area (Å²) in [6.45, 7) is 0.914. The minimum atomic E-state index is -2.33. The molecule has 3 rings (SSSR count). The zero-order valence-electron chi connectivity index (χ0n) is 16.2. The predicted octanol–water partition coefficient (Wildman–Crippen LogP) is 4.88. The van der Waals surface area contributed by atoms with Crippen LogP contribution in [-0.4, -0.2) is 41.7 Å². The number of nitrogens with one attached hydrogen (secondary N) is 1. The van der Waals surface area contributed by atoms with Crippen molar-refractivity contribution < 1.29 is 13.6 Å². The van der Waals surface area contributed by atoms with Crippen LogP contribution in [0.5, 0.6) is 0 Å². The summed E-state index contributed by atoms with van der Waals surface area (Å²) in [6.07, 6.45) is 5.39.